The van der Waals surface area contributed by atoms with E-state index in [1.165, 1.54) is 6.92 Å². The number of methoxy groups -OCH3 is 1. The number of aromatic nitrogens is 1. The highest BCUT2D eigenvalue weighted by atomic mass is 16.7. The molecule has 4 rings (SSSR count). The Labute approximate surface area is 173 Å². The summed E-state index contributed by atoms with van der Waals surface area (Å²) in [4.78, 5) is 29.8. The number of fused-ring (bicyclic) bond motifs is 3. The number of ether oxygens (including phenoxy) is 1. The van der Waals surface area contributed by atoms with Crippen LogP contribution in [-0.4, -0.2) is 29.1 Å². The summed E-state index contributed by atoms with van der Waals surface area (Å²) in [6.45, 7) is 1.52. The molecule has 0 aliphatic heterocycles. The van der Waals surface area contributed by atoms with Gasteiger partial charge in [-0.15, -0.1) is 0 Å². The van der Waals surface area contributed by atoms with Crippen molar-refractivity contribution in [3.05, 3.63) is 77.9 Å². The van der Waals surface area contributed by atoms with Crippen LogP contribution in [0.4, 0.5) is 0 Å². The van der Waals surface area contributed by atoms with Crippen LogP contribution in [0.15, 0.2) is 71.9 Å². The number of benzene rings is 3. The fourth-order valence-corrected chi connectivity index (χ4v) is 3.44. The van der Waals surface area contributed by atoms with E-state index in [0.717, 1.165) is 27.6 Å². The van der Waals surface area contributed by atoms with Crippen LogP contribution in [0.2, 0.25) is 0 Å². The number of carbonyl (C=O) groups is 2. The Morgan fingerprint density at radius 2 is 1.53 bits per heavy atom. The summed E-state index contributed by atoms with van der Waals surface area (Å²) in [5, 5.41) is 5.86. The van der Waals surface area contributed by atoms with Crippen molar-refractivity contribution < 1.29 is 19.2 Å². The quantitative estimate of drug-likeness (QED) is 0.210. The molecule has 0 saturated heterocycles. The highest BCUT2D eigenvalue weighted by molar-refractivity contribution is 6.45. The minimum Gasteiger partial charge on any atom is -0.497 e. The second-order valence-corrected chi connectivity index (χ2v) is 6.92. The molecule has 150 valence electrons. The smallest absolute Gasteiger partial charge is 0.365 e. The number of ketones is 1. The maximum atomic E-state index is 12.8. The molecular formula is C24H20N2O4. The van der Waals surface area contributed by atoms with Gasteiger partial charge in [-0.05, 0) is 37.3 Å². The molecule has 6 nitrogen and oxygen atoms in total. The number of oxime groups is 1. The Bertz CT molecular complexity index is 1300. The average Bonchev–Trinajstić information content (AvgIpc) is 3.08. The average molecular weight is 400 g/mol. The Balaban J connectivity index is 1.63. The molecule has 0 N–H and O–H groups in total. The molecule has 1 heterocycles. The number of hydrogen-bond acceptors (Lipinski definition) is 5. The molecule has 0 saturated carbocycles. The minimum absolute atomic E-state index is 0.0964. The lowest BCUT2D eigenvalue weighted by Gasteiger charge is -2.03. The maximum absolute atomic E-state index is 12.8. The maximum Gasteiger partial charge on any atom is 0.365 e. The van der Waals surface area contributed by atoms with E-state index in [1.807, 2.05) is 41.9 Å². The Morgan fingerprint density at radius 1 is 0.867 bits per heavy atom. The fourth-order valence-electron chi connectivity index (χ4n) is 3.44. The number of hydrogen-bond donors (Lipinski definition) is 0. The molecule has 0 aliphatic carbocycles. The molecule has 0 atom stereocenters. The third-order valence-corrected chi connectivity index (χ3v) is 5.08. The van der Waals surface area contributed by atoms with Crippen LogP contribution in [0.25, 0.3) is 21.8 Å². The standard InChI is InChI=1S/C24H20N2O4/c1-15(25-30-24(28)16-7-5-4-6-8-16)23(27)17-9-11-19-20-12-10-18(29-3)14-22(20)26(2)21(19)13-17/h4-14H,1-3H3/b25-15+. The van der Waals surface area contributed by atoms with Gasteiger partial charge in [-0.25, -0.2) is 4.79 Å². The normalized spacial score (nSPS) is 11.6. The van der Waals surface area contributed by atoms with Gasteiger partial charge in [0.25, 0.3) is 0 Å². The van der Waals surface area contributed by atoms with Gasteiger partial charge in [-0.3, -0.25) is 4.79 Å². The van der Waals surface area contributed by atoms with Gasteiger partial charge in [0.05, 0.1) is 18.2 Å². The van der Waals surface area contributed by atoms with Gasteiger partial charge in [0, 0.05) is 35.0 Å². The highest BCUT2D eigenvalue weighted by Gasteiger charge is 2.16. The lowest BCUT2D eigenvalue weighted by atomic mass is 10.0. The second kappa shape index (κ2) is 7.83. The number of carbonyl (C=O) groups excluding carboxylic acids is 2. The molecule has 0 bridgehead atoms. The Kier molecular flexibility index (Phi) is 5.06. The van der Waals surface area contributed by atoms with E-state index in [9.17, 15) is 9.59 Å². The third-order valence-electron chi connectivity index (χ3n) is 5.08. The Hall–Kier alpha value is -3.93. The van der Waals surface area contributed by atoms with Gasteiger partial charge < -0.3 is 14.1 Å². The molecule has 0 unspecified atom stereocenters. The molecule has 30 heavy (non-hydrogen) atoms. The van der Waals surface area contributed by atoms with E-state index >= 15 is 0 Å². The van der Waals surface area contributed by atoms with Gasteiger partial charge in [0.2, 0.25) is 5.78 Å². The zero-order chi connectivity index (χ0) is 21.3. The third kappa shape index (κ3) is 3.43. The monoisotopic (exact) mass is 400 g/mol. The zero-order valence-corrected chi connectivity index (χ0v) is 16.9. The topological polar surface area (TPSA) is 69.9 Å². The van der Waals surface area contributed by atoms with Crippen LogP contribution in [0.3, 0.4) is 0 Å². The summed E-state index contributed by atoms with van der Waals surface area (Å²) in [6, 6.07) is 19.9. The zero-order valence-electron chi connectivity index (χ0n) is 16.9. The highest BCUT2D eigenvalue weighted by Crippen LogP contribution is 2.31. The first-order valence-corrected chi connectivity index (χ1v) is 9.41. The fraction of sp³-hybridized carbons (Fsp3) is 0.125. The lowest BCUT2D eigenvalue weighted by Crippen LogP contribution is -2.12. The Morgan fingerprint density at radius 3 is 2.23 bits per heavy atom. The molecule has 0 aliphatic rings. The number of rotatable bonds is 5. The van der Waals surface area contributed by atoms with Crippen LogP contribution >= 0.6 is 0 Å². The van der Waals surface area contributed by atoms with Crippen molar-refractivity contribution in [3.63, 3.8) is 0 Å². The summed E-state index contributed by atoms with van der Waals surface area (Å²) in [5.74, 6) is -0.144. The first-order chi connectivity index (χ1) is 14.5. The van der Waals surface area contributed by atoms with Crippen LogP contribution < -0.4 is 4.74 Å². The molecule has 4 aromatic rings. The van der Waals surface area contributed by atoms with Crippen LogP contribution in [0, 0.1) is 0 Å². The molecule has 3 aromatic carbocycles. The summed E-state index contributed by atoms with van der Waals surface area (Å²) in [7, 11) is 3.58. The SMILES string of the molecule is COc1ccc2c3ccc(C(=O)/C(C)=N/OC(=O)c4ccccc4)cc3n(C)c2c1. The molecule has 0 spiro atoms. The van der Waals surface area contributed by atoms with E-state index in [1.54, 1.807) is 43.5 Å². The summed E-state index contributed by atoms with van der Waals surface area (Å²) >= 11 is 0. The van der Waals surface area contributed by atoms with Crippen LogP contribution in [0.1, 0.15) is 27.6 Å². The van der Waals surface area contributed by atoms with Gasteiger partial charge >= 0.3 is 5.97 Å². The summed E-state index contributed by atoms with van der Waals surface area (Å²) < 4.78 is 7.34. The molecule has 6 heteroatoms. The van der Waals surface area contributed by atoms with Crippen molar-refractivity contribution in [3.8, 4) is 5.75 Å². The first-order valence-electron chi connectivity index (χ1n) is 9.41. The molecular weight excluding hydrogens is 380 g/mol. The van der Waals surface area contributed by atoms with Gasteiger partial charge in [-0.1, -0.05) is 35.5 Å². The van der Waals surface area contributed by atoms with E-state index in [-0.39, 0.29) is 11.5 Å². The predicted octanol–water partition coefficient (Wildman–Crippen LogP) is 4.76. The van der Waals surface area contributed by atoms with E-state index in [0.29, 0.717) is 11.1 Å². The summed E-state index contributed by atoms with van der Waals surface area (Å²) in [5.41, 5.74) is 2.86. The van der Waals surface area contributed by atoms with Gasteiger partial charge in [0.15, 0.2) is 0 Å². The number of Topliss-reactive ketones (excluding diaryl/α,β-unsaturated/α-hetero) is 1. The van der Waals surface area contributed by atoms with Crippen molar-refractivity contribution >= 4 is 39.3 Å². The van der Waals surface area contributed by atoms with E-state index < -0.39 is 5.97 Å². The molecule has 0 fully saturated rings. The van der Waals surface area contributed by atoms with Crippen molar-refractivity contribution in [2.45, 2.75) is 6.92 Å². The number of aryl methyl sites for hydroxylation is 1. The van der Waals surface area contributed by atoms with E-state index in [4.69, 9.17) is 9.57 Å². The minimum atomic E-state index is -0.610. The molecule has 1 aromatic heterocycles. The van der Waals surface area contributed by atoms with Crippen molar-refractivity contribution in [2.24, 2.45) is 12.2 Å². The van der Waals surface area contributed by atoms with Gasteiger partial charge in [0.1, 0.15) is 11.5 Å². The van der Waals surface area contributed by atoms with Crippen LogP contribution in [-0.2, 0) is 11.9 Å². The lowest BCUT2D eigenvalue weighted by molar-refractivity contribution is 0.0515. The molecule has 0 amide bonds. The number of nitrogens with zero attached hydrogens (tertiary/aromatic N) is 2. The second-order valence-electron chi connectivity index (χ2n) is 6.92. The summed E-state index contributed by atoms with van der Waals surface area (Å²) in [6.07, 6.45) is 0. The first kappa shape index (κ1) is 19.4. The predicted molar refractivity (Wildman–Crippen MR) is 116 cm³/mol. The van der Waals surface area contributed by atoms with Crippen molar-refractivity contribution in [1.29, 1.82) is 0 Å². The molecule has 0 radical (unpaired) electrons. The van der Waals surface area contributed by atoms with Gasteiger partial charge in [-0.2, -0.15) is 0 Å². The van der Waals surface area contributed by atoms with Crippen LogP contribution in [0.5, 0.6) is 5.75 Å². The van der Waals surface area contributed by atoms with Crippen molar-refractivity contribution in [2.75, 3.05) is 7.11 Å². The largest absolute Gasteiger partial charge is 0.497 e. The van der Waals surface area contributed by atoms with E-state index in [2.05, 4.69) is 5.16 Å². The van der Waals surface area contributed by atoms with Crippen molar-refractivity contribution in [1.82, 2.24) is 4.57 Å².